The zero-order valence-electron chi connectivity index (χ0n) is 11.0. The summed E-state index contributed by atoms with van der Waals surface area (Å²) in [7, 11) is 1.72. The second-order valence-electron chi connectivity index (χ2n) is 4.61. The molecule has 90 valence electrons. The van der Waals surface area contributed by atoms with Gasteiger partial charge in [0, 0.05) is 6.04 Å². The largest absolute Gasteiger partial charge is 0.495 e. The molecule has 1 N–H and O–H groups in total. The molecule has 2 nitrogen and oxygen atoms in total. The van der Waals surface area contributed by atoms with Crippen molar-refractivity contribution in [3.63, 3.8) is 0 Å². The first-order valence-corrected chi connectivity index (χ1v) is 5.99. The average Bonchev–Trinajstić information content (AvgIpc) is 2.26. The summed E-state index contributed by atoms with van der Waals surface area (Å²) >= 11 is 0. The Balaban J connectivity index is 2.87. The van der Waals surface area contributed by atoms with Gasteiger partial charge >= 0.3 is 0 Å². The molecule has 0 saturated heterocycles. The fraction of sp³-hybridized carbons (Fsp3) is 0.571. The molecule has 0 aliphatic heterocycles. The molecule has 1 atom stereocenters. The van der Waals surface area contributed by atoms with Crippen molar-refractivity contribution in [3.05, 3.63) is 23.8 Å². The molecule has 0 radical (unpaired) electrons. The van der Waals surface area contributed by atoms with Crippen molar-refractivity contribution in [2.45, 2.75) is 40.2 Å². The van der Waals surface area contributed by atoms with Gasteiger partial charge in [-0.3, -0.25) is 0 Å². The van der Waals surface area contributed by atoms with Crippen LogP contribution in [0.5, 0.6) is 5.75 Å². The Morgan fingerprint density at radius 1 is 1.31 bits per heavy atom. The standard InChI is InChI=1S/C14H23NO/c1-6-12(10(2)3)15-13-8-7-11(4)9-14(13)16-5/h7-10,12,15H,6H2,1-5H3. The number of anilines is 1. The Labute approximate surface area is 99.0 Å². The number of ether oxygens (including phenoxy) is 1. The number of benzene rings is 1. The van der Waals surface area contributed by atoms with Crippen LogP contribution >= 0.6 is 0 Å². The molecular formula is C14H23NO. The number of hydrogen-bond acceptors (Lipinski definition) is 2. The van der Waals surface area contributed by atoms with Crippen molar-refractivity contribution in [1.82, 2.24) is 0 Å². The van der Waals surface area contributed by atoms with Crippen molar-refractivity contribution < 1.29 is 4.74 Å². The first-order chi connectivity index (χ1) is 7.58. The molecule has 0 aliphatic rings. The molecule has 0 spiro atoms. The third kappa shape index (κ3) is 3.16. The van der Waals surface area contributed by atoms with Crippen molar-refractivity contribution in [2.75, 3.05) is 12.4 Å². The van der Waals surface area contributed by atoms with Gasteiger partial charge in [-0.2, -0.15) is 0 Å². The van der Waals surface area contributed by atoms with Crippen molar-refractivity contribution in [3.8, 4) is 5.75 Å². The van der Waals surface area contributed by atoms with Crippen molar-refractivity contribution in [2.24, 2.45) is 5.92 Å². The van der Waals surface area contributed by atoms with Gasteiger partial charge in [-0.05, 0) is 37.0 Å². The van der Waals surface area contributed by atoms with E-state index in [0.717, 1.165) is 17.9 Å². The molecule has 2 heteroatoms. The van der Waals surface area contributed by atoms with Crippen LogP contribution < -0.4 is 10.1 Å². The summed E-state index contributed by atoms with van der Waals surface area (Å²) in [5.41, 5.74) is 2.31. The maximum Gasteiger partial charge on any atom is 0.142 e. The van der Waals surface area contributed by atoms with Crippen molar-refractivity contribution >= 4 is 5.69 Å². The minimum Gasteiger partial charge on any atom is -0.495 e. The van der Waals surface area contributed by atoms with Gasteiger partial charge in [0.1, 0.15) is 5.75 Å². The lowest BCUT2D eigenvalue weighted by molar-refractivity contribution is 0.414. The fourth-order valence-electron chi connectivity index (χ4n) is 1.86. The molecule has 0 heterocycles. The number of methoxy groups -OCH3 is 1. The highest BCUT2D eigenvalue weighted by Gasteiger charge is 2.12. The molecule has 1 rings (SSSR count). The number of rotatable bonds is 5. The third-order valence-electron chi connectivity index (χ3n) is 2.94. The Bertz CT molecular complexity index is 334. The maximum absolute atomic E-state index is 5.39. The van der Waals surface area contributed by atoms with Gasteiger partial charge in [0.05, 0.1) is 12.8 Å². The molecule has 0 bridgehead atoms. The maximum atomic E-state index is 5.39. The third-order valence-corrected chi connectivity index (χ3v) is 2.94. The van der Waals surface area contributed by atoms with Gasteiger partial charge in [-0.25, -0.2) is 0 Å². The predicted octanol–water partition coefficient (Wildman–Crippen LogP) is 3.85. The minimum atomic E-state index is 0.497. The number of aryl methyl sites for hydroxylation is 1. The van der Waals surface area contributed by atoms with Gasteiger partial charge < -0.3 is 10.1 Å². The summed E-state index contributed by atoms with van der Waals surface area (Å²) in [6.45, 7) is 8.76. The normalized spacial score (nSPS) is 12.6. The summed E-state index contributed by atoms with van der Waals surface area (Å²) in [4.78, 5) is 0. The van der Waals surface area contributed by atoms with E-state index in [0.29, 0.717) is 12.0 Å². The second-order valence-corrected chi connectivity index (χ2v) is 4.61. The van der Waals surface area contributed by atoms with E-state index < -0.39 is 0 Å². The van der Waals surface area contributed by atoms with Gasteiger partial charge in [0.2, 0.25) is 0 Å². The van der Waals surface area contributed by atoms with Gasteiger partial charge in [-0.15, -0.1) is 0 Å². The van der Waals surface area contributed by atoms with E-state index >= 15 is 0 Å². The van der Waals surface area contributed by atoms with Gasteiger partial charge in [0.15, 0.2) is 0 Å². The summed E-state index contributed by atoms with van der Waals surface area (Å²) in [6, 6.07) is 6.77. The zero-order valence-corrected chi connectivity index (χ0v) is 11.0. The van der Waals surface area contributed by atoms with Crippen LogP contribution in [-0.2, 0) is 0 Å². The summed E-state index contributed by atoms with van der Waals surface area (Å²) in [6.07, 6.45) is 1.12. The molecule has 0 fully saturated rings. The fourth-order valence-corrected chi connectivity index (χ4v) is 1.86. The monoisotopic (exact) mass is 221 g/mol. The highest BCUT2D eigenvalue weighted by Crippen LogP contribution is 2.27. The Hall–Kier alpha value is -1.18. The van der Waals surface area contributed by atoms with Crippen LogP contribution in [0.1, 0.15) is 32.8 Å². The average molecular weight is 221 g/mol. The number of hydrogen-bond donors (Lipinski definition) is 1. The van der Waals surface area contributed by atoms with Crippen LogP contribution in [0, 0.1) is 12.8 Å². The van der Waals surface area contributed by atoms with Crippen LogP contribution in [0.3, 0.4) is 0 Å². The second kappa shape index (κ2) is 5.78. The molecular weight excluding hydrogens is 198 g/mol. The summed E-state index contributed by atoms with van der Waals surface area (Å²) in [5, 5.41) is 3.55. The van der Waals surface area contributed by atoms with Crippen molar-refractivity contribution in [1.29, 1.82) is 0 Å². The molecule has 1 unspecified atom stereocenters. The number of nitrogens with one attached hydrogen (secondary N) is 1. The molecule has 0 saturated carbocycles. The molecule has 1 aromatic rings. The smallest absolute Gasteiger partial charge is 0.142 e. The van der Waals surface area contributed by atoms with E-state index in [4.69, 9.17) is 4.74 Å². The van der Waals surface area contributed by atoms with Gasteiger partial charge in [-0.1, -0.05) is 26.8 Å². The Morgan fingerprint density at radius 2 is 2.00 bits per heavy atom. The van der Waals surface area contributed by atoms with E-state index in [9.17, 15) is 0 Å². The Morgan fingerprint density at radius 3 is 2.50 bits per heavy atom. The van der Waals surface area contributed by atoms with E-state index in [1.807, 2.05) is 0 Å². The first kappa shape index (κ1) is 12.9. The Kier molecular flexibility index (Phi) is 4.66. The lowest BCUT2D eigenvalue weighted by Crippen LogP contribution is -2.24. The van der Waals surface area contributed by atoms with Crippen LogP contribution in [0.25, 0.3) is 0 Å². The lowest BCUT2D eigenvalue weighted by Gasteiger charge is -2.23. The summed E-state index contributed by atoms with van der Waals surface area (Å²) < 4.78 is 5.39. The molecule has 0 amide bonds. The first-order valence-electron chi connectivity index (χ1n) is 5.99. The molecule has 16 heavy (non-hydrogen) atoms. The quantitative estimate of drug-likeness (QED) is 0.815. The lowest BCUT2D eigenvalue weighted by atomic mass is 10.0. The SMILES string of the molecule is CCC(Nc1ccc(C)cc1OC)C(C)C. The van der Waals surface area contributed by atoms with Crippen LogP contribution in [0.2, 0.25) is 0 Å². The zero-order chi connectivity index (χ0) is 12.1. The minimum absolute atomic E-state index is 0.497. The molecule has 0 aromatic heterocycles. The van der Waals surface area contributed by atoms with E-state index in [1.54, 1.807) is 7.11 Å². The van der Waals surface area contributed by atoms with Gasteiger partial charge in [0.25, 0.3) is 0 Å². The predicted molar refractivity (Wildman–Crippen MR) is 70.3 cm³/mol. The van der Waals surface area contributed by atoms with E-state index in [1.165, 1.54) is 5.56 Å². The van der Waals surface area contributed by atoms with Crippen LogP contribution in [0.15, 0.2) is 18.2 Å². The van der Waals surface area contributed by atoms with E-state index in [-0.39, 0.29) is 0 Å². The van der Waals surface area contributed by atoms with Crippen LogP contribution in [-0.4, -0.2) is 13.2 Å². The topological polar surface area (TPSA) is 21.3 Å². The summed E-state index contributed by atoms with van der Waals surface area (Å²) in [5.74, 6) is 1.55. The molecule has 1 aromatic carbocycles. The van der Waals surface area contributed by atoms with Crippen LogP contribution in [0.4, 0.5) is 5.69 Å². The highest BCUT2D eigenvalue weighted by atomic mass is 16.5. The van der Waals surface area contributed by atoms with E-state index in [2.05, 4.69) is 51.2 Å². The molecule has 0 aliphatic carbocycles. The highest BCUT2D eigenvalue weighted by molar-refractivity contribution is 5.58.